The fourth-order valence-corrected chi connectivity index (χ4v) is 0.748. The minimum Gasteiger partial charge on any atom is -0.379 e. The predicted molar refractivity (Wildman–Crippen MR) is 53.1 cm³/mol. The van der Waals surface area contributed by atoms with E-state index in [1.165, 1.54) is 0 Å². The summed E-state index contributed by atoms with van der Waals surface area (Å²) in [7, 11) is 0. The summed E-state index contributed by atoms with van der Waals surface area (Å²) in [6, 6.07) is -0.857. The van der Waals surface area contributed by atoms with E-state index in [4.69, 9.17) is 4.74 Å². The molecule has 0 spiro atoms. The number of halogens is 3. The molecule has 0 aromatic carbocycles. The van der Waals surface area contributed by atoms with E-state index in [0.717, 1.165) is 0 Å². The molecular weight excluding hydrogens is 225 g/mol. The van der Waals surface area contributed by atoms with E-state index >= 15 is 0 Å². The molecule has 0 bridgehead atoms. The summed E-state index contributed by atoms with van der Waals surface area (Å²) in [5.41, 5.74) is 0. The molecule has 0 aromatic rings. The quantitative estimate of drug-likeness (QED) is 0.522. The first-order chi connectivity index (χ1) is 7.45. The summed E-state index contributed by atoms with van der Waals surface area (Å²) in [6.07, 6.45) is -2.01. The number of rotatable bonds is 7. The van der Waals surface area contributed by atoms with Crippen LogP contribution >= 0.6 is 0 Å². The maximum atomic E-state index is 11.7. The van der Waals surface area contributed by atoms with Crippen LogP contribution < -0.4 is 10.6 Å². The third-order valence-electron chi connectivity index (χ3n) is 1.45. The summed E-state index contributed by atoms with van der Waals surface area (Å²) < 4.78 is 40.0. The molecule has 0 aliphatic heterocycles. The molecule has 2 N–H and O–H groups in total. The van der Waals surface area contributed by atoms with Crippen LogP contribution in [0.4, 0.5) is 18.0 Å². The topological polar surface area (TPSA) is 50.4 Å². The maximum Gasteiger partial charge on any atom is 0.405 e. The van der Waals surface area contributed by atoms with Gasteiger partial charge < -0.3 is 15.4 Å². The van der Waals surface area contributed by atoms with E-state index in [9.17, 15) is 18.0 Å². The highest BCUT2D eigenvalue weighted by molar-refractivity contribution is 5.73. The number of hydrogen-bond acceptors (Lipinski definition) is 2. The Kier molecular flexibility index (Phi) is 7.36. The largest absolute Gasteiger partial charge is 0.405 e. The normalized spacial score (nSPS) is 10.9. The first-order valence-corrected chi connectivity index (χ1v) is 4.73. The minimum atomic E-state index is -4.39. The Bertz CT molecular complexity index is 219. The Hall–Kier alpha value is -1.24. The van der Waals surface area contributed by atoms with E-state index in [1.807, 2.05) is 0 Å². The van der Waals surface area contributed by atoms with Crippen molar-refractivity contribution in [3.05, 3.63) is 12.7 Å². The van der Waals surface area contributed by atoms with Crippen LogP contribution in [-0.2, 0) is 4.74 Å². The third kappa shape index (κ3) is 10.8. The van der Waals surface area contributed by atoms with E-state index in [0.29, 0.717) is 13.0 Å². The van der Waals surface area contributed by atoms with Gasteiger partial charge in [0.05, 0.1) is 13.2 Å². The second kappa shape index (κ2) is 7.98. The van der Waals surface area contributed by atoms with Gasteiger partial charge >= 0.3 is 12.2 Å². The van der Waals surface area contributed by atoms with Gasteiger partial charge in [0.15, 0.2) is 0 Å². The summed E-state index contributed by atoms with van der Waals surface area (Å²) in [4.78, 5) is 10.8. The zero-order chi connectivity index (χ0) is 12.4. The Labute approximate surface area is 91.8 Å². The molecule has 16 heavy (non-hydrogen) atoms. The van der Waals surface area contributed by atoms with Crippen LogP contribution in [0.3, 0.4) is 0 Å². The SMILES string of the molecule is C=CCCOCCNC(=O)NCC(F)(F)F. The van der Waals surface area contributed by atoms with Crippen molar-refractivity contribution in [1.29, 1.82) is 0 Å². The highest BCUT2D eigenvalue weighted by Gasteiger charge is 2.27. The maximum absolute atomic E-state index is 11.7. The van der Waals surface area contributed by atoms with Gasteiger partial charge in [-0.3, -0.25) is 0 Å². The van der Waals surface area contributed by atoms with E-state index < -0.39 is 18.8 Å². The molecule has 94 valence electrons. The number of hydrogen-bond donors (Lipinski definition) is 2. The molecule has 0 aliphatic carbocycles. The summed E-state index contributed by atoms with van der Waals surface area (Å²) >= 11 is 0. The summed E-state index contributed by atoms with van der Waals surface area (Å²) in [6.45, 7) is 3.06. The second-order valence-electron chi connectivity index (χ2n) is 2.91. The van der Waals surface area contributed by atoms with Crippen LogP contribution in [-0.4, -0.2) is 38.5 Å². The Morgan fingerprint density at radius 3 is 2.56 bits per heavy atom. The van der Waals surface area contributed by atoms with Crippen molar-refractivity contribution >= 4 is 6.03 Å². The van der Waals surface area contributed by atoms with Gasteiger partial charge in [-0.1, -0.05) is 6.08 Å². The first-order valence-electron chi connectivity index (χ1n) is 4.73. The molecule has 2 amide bonds. The van der Waals surface area contributed by atoms with Gasteiger partial charge in [-0.05, 0) is 6.42 Å². The molecular formula is C9H15F3N2O2. The fraction of sp³-hybridized carbons (Fsp3) is 0.667. The van der Waals surface area contributed by atoms with Crippen molar-refractivity contribution < 1.29 is 22.7 Å². The van der Waals surface area contributed by atoms with Crippen LogP contribution in [0.2, 0.25) is 0 Å². The van der Waals surface area contributed by atoms with Crippen LogP contribution in [0.1, 0.15) is 6.42 Å². The number of carbonyl (C=O) groups excluding carboxylic acids is 1. The average molecular weight is 240 g/mol. The predicted octanol–water partition coefficient (Wildman–Crippen LogP) is 1.44. The van der Waals surface area contributed by atoms with Crippen molar-refractivity contribution in [1.82, 2.24) is 10.6 Å². The van der Waals surface area contributed by atoms with Gasteiger partial charge in [-0.25, -0.2) is 4.79 Å². The summed E-state index contributed by atoms with van der Waals surface area (Å²) in [5, 5.41) is 3.91. The molecule has 0 heterocycles. The molecule has 7 heteroatoms. The van der Waals surface area contributed by atoms with E-state index in [2.05, 4.69) is 11.9 Å². The van der Waals surface area contributed by atoms with Gasteiger partial charge in [0.2, 0.25) is 0 Å². The number of alkyl halides is 3. The Morgan fingerprint density at radius 2 is 2.00 bits per heavy atom. The zero-order valence-electron chi connectivity index (χ0n) is 8.77. The van der Waals surface area contributed by atoms with Gasteiger partial charge in [-0.2, -0.15) is 13.2 Å². The van der Waals surface area contributed by atoms with Crippen LogP contribution in [0.25, 0.3) is 0 Å². The molecule has 0 saturated carbocycles. The van der Waals surface area contributed by atoms with E-state index in [1.54, 1.807) is 11.4 Å². The second-order valence-corrected chi connectivity index (χ2v) is 2.91. The number of urea groups is 1. The smallest absolute Gasteiger partial charge is 0.379 e. The Balaban J connectivity index is 3.34. The average Bonchev–Trinajstić information content (AvgIpc) is 2.19. The van der Waals surface area contributed by atoms with Gasteiger partial charge in [0.1, 0.15) is 6.54 Å². The van der Waals surface area contributed by atoms with Crippen molar-refractivity contribution in [2.24, 2.45) is 0 Å². The molecule has 0 fully saturated rings. The molecule has 0 saturated heterocycles. The van der Waals surface area contributed by atoms with E-state index in [-0.39, 0.29) is 13.2 Å². The number of ether oxygens (including phenoxy) is 1. The monoisotopic (exact) mass is 240 g/mol. The molecule has 4 nitrogen and oxygen atoms in total. The number of nitrogens with one attached hydrogen (secondary N) is 2. The van der Waals surface area contributed by atoms with Crippen LogP contribution in [0.5, 0.6) is 0 Å². The molecule has 0 radical (unpaired) electrons. The van der Waals surface area contributed by atoms with Gasteiger partial charge in [0, 0.05) is 6.54 Å². The van der Waals surface area contributed by atoms with Crippen LogP contribution in [0, 0.1) is 0 Å². The number of carbonyl (C=O) groups is 1. The highest BCUT2D eigenvalue weighted by atomic mass is 19.4. The van der Waals surface area contributed by atoms with Crippen molar-refractivity contribution in [2.45, 2.75) is 12.6 Å². The molecule has 0 rings (SSSR count). The van der Waals surface area contributed by atoms with Gasteiger partial charge in [0.25, 0.3) is 0 Å². The lowest BCUT2D eigenvalue weighted by Gasteiger charge is -2.09. The Morgan fingerprint density at radius 1 is 1.31 bits per heavy atom. The lowest BCUT2D eigenvalue weighted by Crippen LogP contribution is -2.41. The zero-order valence-corrected chi connectivity index (χ0v) is 8.77. The van der Waals surface area contributed by atoms with Gasteiger partial charge in [-0.15, -0.1) is 6.58 Å². The molecule has 0 aliphatic rings. The van der Waals surface area contributed by atoms with Crippen molar-refractivity contribution in [3.63, 3.8) is 0 Å². The number of amides is 2. The summed E-state index contributed by atoms with van der Waals surface area (Å²) in [5.74, 6) is 0. The van der Waals surface area contributed by atoms with Crippen molar-refractivity contribution in [2.75, 3.05) is 26.3 Å². The molecule has 0 unspecified atom stereocenters. The highest BCUT2D eigenvalue weighted by Crippen LogP contribution is 2.11. The molecule has 0 aromatic heterocycles. The van der Waals surface area contributed by atoms with Crippen molar-refractivity contribution in [3.8, 4) is 0 Å². The van der Waals surface area contributed by atoms with Crippen LogP contribution in [0.15, 0.2) is 12.7 Å². The third-order valence-corrected chi connectivity index (χ3v) is 1.45. The molecule has 0 atom stereocenters. The first kappa shape index (κ1) is 14.8. The lowest BCUT2D eigenvalue weighted by atomic mass is 10.4. The minimum absolute atomic E-state index is 0.167. The lowest BCUT2D eigenvalue weighted by molar-refractivity contribution is -0.122. The standard InChI is InChI=1S/C9H15F3N2O2/c1-2-3-5-16-6-4-13-8(15)14-7-9(10,11)12/h2H,1,3-7H2,(H2,13,14,15). The fourth-order valence-electron chi connectivity index (χ4n) is 0.748.